The van der Waals surface area contributed by atoms with Gasteiger partial charge in [0.1, 0.15) is 12.4 Å². The van der Waals surface area contributed by atoms with E-state index in [1.165, 1.54) is 12.1 Å². The monoisotopic (exact) mass is 331 g/mol. The molecule has 6 nitrogen and oxygen atoms in total. The predicted molar refractivity (Wildman–Crippen MR) is 75.5 cm³/mol. The minimum atomic E-state index is -1.08. The normalized spacial score (nSPS) is 21.4. The highest BCUT2D eigenvalue weighted by Crippen LogP contribution is 2.17. The molecule has 120 valence electrons. The van der Waals surface area contributed by atoms with Gasteiger partial charge in [-0.05, 0) is 24.6 Å². The van der Waals surface area contributed by atoms with Crippen LogP contribution < -0.4 is 5.32 Å². The van der Waals surface area contributed by atoms with Crippen LogP contribution in [0.1, 0.15) is 16.8 Å². The second kappa shape index (κ2) is 7.53. The second-order valence-electron chi connectivity index (χ2n) is 4.82. The van der Waals surface area contributed by atoms with Crippen LogP contribution in [0.2, 0.25) is 5.02 Å². The molecule has 0 radical (unpaired) electrons. The molecule has 2 atom stereocenters. The molecular weight excluding hydrogens is 317 g/mol. The van der Waals surface area contributed by atoms with Gasteiger partial charge in [0.05, 0.1) is 23.8 Å². The molecule has 0 spiro atoms. The van der Waals surface area contributed by atoms with E-state index in [0.29, 0.717) is 13.0 Å². The van der Waals surface area contributed by atoms with Crippen molar-refractivity contribution in [3.8, 4) is 0 Å². The molecule has 1 aromatic carbocycles. The fraction of sp³-hybridized carbons (Fsp3) is 0.429. The molecule has 2 N–H and O–H groups in total. The first kappa shape index (κ1) is 16.7. The zero-order valence-corrected chi connectivity index (χ0v) is 12.3. The highest BCUT2D eigenvalue weighted by atomic mass is 35.5. The number of amides is 1. The van der Waals surface area contributed by atoms with Gasteiger partial charge < -0.3 is 19.9 Å². The molecule has 1 heterocycles. The van der Waals surface area contributed by atoms with Gasteiger partial charge in [-0.3, -0.25) is 4.79 Å². The average molecular weight is 332 g/mol. The topological polar surface area (TPSA) is 84.9 Å². The van der Waals surface area contributed by atoms with Crippen molar-refractivity contribution in [3.05, 3.63) is 34.6 Å². The molecule has 0 bridgehead atoms. The zero-order valence-electron chi connectivity index (χ0n) is 11.6. The number of aliphatic carboxylic acids is 1. The van der Waals surface area contributed by atoms with Gasteiger partial charge in [0.2, 0.25) is 0 Å². The van der Waals surface area contributed by atoms with E-state index in [9.17, 15) is 14.0 Å². The van der Waals surface area contributed by atoms with Crippen molar-refractivity contribution in [2.24, 2.45) is 0 Å². The summed E-state index contributed by atoms with van der Waals surface area (Å²) in [4.78, 5) is 22.7. The Morgan fingerprint density at radius 2 is 2.27 bits per heavy atom. The van der Waals surface area contributed by atoms with Crippen LogP contribution >= 0.6 is 11.6 Å². The first-order chi connectivity index (χ1) is 10.5. The molecule has 2 rings (SSSR count). The van der Waals surface area contributed by atoms with E-state index in [4.69, 9.17) is 26.2 Å². The Balaban J connectivity index is 2.01. The van der Waals surface area contributed by atoms with Crippen molar-refractivity contribution in [3.63, 3.8) is 0 Å². The molecule has 8 heteroatoms. The standard InChI is InChI=1S/C14H15ClFNO5/c15-9-5-8(1-2-10(9)16)14(20)17-11-6-21-4-3-12(11)22-7-13(18)19/h1-2,5,11-12H,3-4,6-7H2,(H,17,20)(H,18,19)/t11-,12+/m1/s1. The number of carbonyl (C=O) groups excluding carboxylic acids is 1. The molecular formula is C14H15ClFNO5. The molecule has 1 saturated heterocycles. The Morgan fingerprint density at radius 1 is 1.50 bits per heavy atom. The number of hydrogen-bond acceptors (Lipinski definition) is 4. The Morgan fingerprint density at radius 3 is 2.95 bits per heavy atom. The Labute approximate surface area is 131 Å². The van der Waals surface area contributed by atoms with Gasteiger partial charge in [0.25, 0.3) is 5.91 Å². The maximum atomic E-state index is 13.1. The number of carbonyl (C=O) groups is 2. The van der Waals surface area contributed by atoms with Gasteiger partial charge >= 0.3 is 5.97 Å². The van der Waals surface area contributed by atoms with Crippen molar-refractivity contribution in [2.45, 2.75) is 18.6 Å². The van der Waals surface area contributed by atoms with Crippen LogP contribution in [0, 0.1) is 5.82 Å². The summed E-state index contributed by atoms with van der Waals surface area (Å²) in [6.07, 6.45) is 0.0206. The van der Waals surface area contributed by atoms with Gasteiger partial charge in [-0.1, -0.05) is 11.6 Å². The van der Waals surface area contributed by atoms with Gasteiger partial charge in [0.15, 0.2) is 0 Å². The summed E-state index contributed by atoms with van der Waals surface area (Å²) in [5.41, 5.74) is 0.203. The number of rotatable bonds is 5. The maximum Gasteiger partial charge on any atom is 0.329 e. The highest BCUT2D eigenvalue weighted by Gasteiger charge is 2.29. The molecule has 1 fully saturated rings. The van der Waals surface area contributed by atoms with Crippen molar-refractivity contribution in [1.29, 1.82) is 0 Å². The number of benzene rings is 1. The Hall–Kier alpha value is -1.70. The largest absolute Gasteiger partial charge is 0.480 e. The third kappa shape index (κ3) is 4.40. The quantitative estimate of drug-likeness (QED) is 0.853. The first-order valence-corrected chi connectivity index (χ1v) is 7.02. The van der Waals surface area contributed by atoms with E-state index in [-0.39, 0.29) is 17.2 Å². The molecule has 22 heavy (non-hydrogen) atoms. The third-order valence-electron chi connectivity index (χ3n) is 3.21. The van der Waals surface area contributed by atoms with Crippen LogP contribution in [0.25, 0.3) is 0 Å². The molecule has 0 aromatic heterocycles. The van der Waals surface area contributed by atoms with Crippen LogP contribution in [-0.4, -0.2) is 48.9 Å². The summed E-state index contributed by atoms with van der Waals surface area (Å²) >= 11 is 5.64. The Bertz CT molecular complexity index is 568. The lowest BCUT2D eigenvalue weighted by atomic mass is 10.1. The predicted octanol–water partition coefficient (Wildman–Crippen LogP) is 1.47. The fourth-order valence-corrected chi connectivity index (χ4v) is 2.30. The molecule has 0 unspecified atom stereocenters. The van der Waals surface area contributed by atoms with Crippen LogP contribution in [0.4, 0.5) is 4.39 Å². The summed E-state index contributed by atoms with van der Waals surface area (Å²) in [6, 6.07) is 3.16. The minimum Gasteiger partial charge on any atom is -0.480 e. The van der Waals surface area contributed by atoms with E-state index >= 15 is 0 Å². The number of hydrogen-bond donors (Lipinski definition) is 2. The fourth-order valence-electron chi connectivity index (χ4n) is 2.12. The van der Waals surface area contributed by atoms with E-state index in [1.807, 2.05) is 0 Å². The summed E-state index contributed by atoms with van der Waals surface area (Å²) in [7, 11) is 0. The zero-order chi connectivity index (χ0) is 16.1. The number of carboxylic acid groups (broad SMARTS) is 1. The SMILES string of the molecule is O=C(O)CO[C@H]1CCOC[C@H]1NC(=O)c1ccc(F)c(Cl)c1. The summed E-state index contributed by atoms with van der Waals surface area (Å²) in [5, 5.41) is 11.2. The van der Waals surface area contributed by atoms with Gasteiger partial charge in [-0.2, -0.15) is 0 Å². The number of nitrogens with one attached hydrogen (secondary N) is 1. The van der Waals surface area contributed by atoms with Crippen molar-refractivity contribution >= 4 is 23.5 Å². The van der Waals surface area contributed by atoms with Gasteiger partial charge in [-0.25, -0.2) is 9.18 Å². The highest BCUT2D eigenvalue weighted by molar-refractivity contribution is 6.31. The maximum absolute atomic E-state index is 13.1. The van der Waals surface area contributed by atoms with Crippen molar-refractivity contribution in [2.75, 3.05) is 19.8 Å². The summed E-state index contributed by atoms with van der Waals surface area (Å²) in [6.45, 7) is 0.198. The summed E-state index contributed by atoms with van der Waals surface area (Å²) < 4.78 is 23.6. The number of ether oxygens (including phenoxy) is 2. The Kier molecular flexibility index (Phi) is 5.70. The van der Waals surface area contributed by atoms with E-state index < -0.39 is 36.4 Å². The van der Waals surface area contributed by atoms with Crippen molar-refractivity contribution in [1.82, 2.24) is 5.32 Å². The van der Waals surface area contributed by atoms with E-state index in [2.05, 4.69) is 5.32 Å². The minimum absolute atomic E-state index is 0.147. The van der Waals surface area contributed by atoms with Crippen LogP contribution in [0.5, 0.6) is 0 Å². The van der Waals surface area contributed by atoms with Gasteiger partial charge in [-0.15, -0.1) is 0 Å². The number of halogens is 2. The summed E-state index contributed by atoms with van der Waals surface area (Å²) in [5.74, 6) is -2.15. The number of carboxylic acids is 1. The molecule has 0 aliphatic carbocycles. The smallest absolute Gasteiger partial charge is 0.329 e. The molecule has 1 amide bonds. The molecule has 1 aliphatic heterocycles. The first-order valence-electron chi connectivity index (χ1n) is 6.64. The third-order valence-corrected chi connectivity index (χ3v) is 3.50. The molecule has 1 aromatic rings. The van der Waals surface area contributed by atoms with Gasteiger partial charge in [0, 0.05) is 12.2 Å². The van der Waals surface area contributed by atoms with Crippen molar-refractivity contribution < 1.29 is 28.6 Å². The van der Waals surface area contributed by atoms with Crippen LogP contribution in [0.15, 0.2) is 18.2 Å². The van der Waals surface area contributed by atoms with E-state index in [1.54, 1.807) is 0 Å². The lowest BCUT2D eigenvalue weighted by Gasteiger charge is -2.31. The average Bonchev–Trinajstić information content (AvgIpc) is 2.49. The van der Waals surface area contributed by atoms with E-state index in [0.717, 1.165) is 6.07 Å². The molecule has 1 aliphatic rings. The van der Waals surface area contributed by atoms with Crippen LogP contribution in [-0.2, 0) is 14.3 Å². The van der Waals surface area contributed by atoms with Crippen LogP contribution in [0.3, 0.4) is 0 Å². The second-order valence-corrected chi connectivity index (χ2v) is 5.22. The lowest BCUT2D eigenvalue weighted by molar-refractivity contribution is -0.147. The lowest BCUT2D eigenvalue weighted by Crippen LogP contribution is -2.51. The molecule has 0 saturated carbocycles.